The van der Waals surface area contributed by atoms with E-state index in [1.807, 2.05) is 12.3 Å². The highest BCUT2D eigenvalue weighted by Crippen LogP contribution is 2.49. The van der Waals surface area contributed by atoms with Gasteiger partial charge in [-0.15, -0.1) is 0 Å². The Morgan fingerprint density at radius 3 is 2.71 bits per heavy atom. The average molecular weight is 526 g/mol. The molecule has 198 valence electrons. The number of pyridine rings is 1. The molecule has 0 spiro atoms. The monoisotopic (exact) mass is 525 g/mol. The highest BCUT2D eigenvalue weighted by Gasteiger charge is 2.50. The molecule has 0 N–H and O–H groups in total. The molecule has 1 aliphatic heterocycles. The third kappa shape index (κ3) is 5.41. The fourth-order valence-corrected chi connectivity index (χ4v) is 7.55. The molecule has 1 atom stereocenters. The standard InChI is InChI=1S/C33H39N3OS/c1-25(38-30-12-6-8-27-9-7-19-34-31(27)30)24-26-13-15-28(16-14-26)32(37)35-20-22-36(23-21-35)33(17-18-33)29-10-4-2-3-5-11-29/h4,6-12,15,19,26H,1-3,5,13-14,16-18,20-24H2. The molecule has 1 saturated carbocycles. The van der Waals surface area contributed by atoms with Crippen molar-refractivity contribution in [2.75, 3.05) is 26.2 Å². The van der Waals surface area contributed by atoms with Gasteiger partial charge in [0.2, 0.25) is 5.91 Å². The third-order valence-corrected chi connectivity index (χ3v) is 9.83. The van der Waals surface area contributed by atoms with Crippen molar-refractivity contribution in [2.45, 2.75) is 68.2 Å². The summed E-state index contributed by atoms with van der Waals surface area (Å²) in [5.74, 6) is 0.832. The molecule has 5 heteroatoms. The number of hydrogen-bond donors (Lipinski definition) is 0. The number of fused-ring (bicyclic) bond motifs is 1. The van der Waals surface area contributed by atoms with Crippen LogP contribution in [-0.4, -0.2) is 52.4 Å². The van der Waals surface area contributed by atoms with Gasteiger partial charge in [0.15, 0.2) is 0 Å². The molecule has 6 rings (SSSR count). The van der Waals surface area contributed by atoms with Crippen molar-refractivity contribution in [3.63, 3.8) is 0 Å². The molecule has 1 aromatic carbocycles. The maximum absolute atomic E-state index is 13.4. The van der Waals surface area contributed by atoms with Crippen LogP contribution in [-0.2, 0) is 4.79 Å². The molecule has 1 aromatic heterocycles. The van der Waals surface area contributed by atoms with Crippen molar-refractivity contribution >= 4 is 28.6 Å². The Kier molecular flexibility index (Phi) is 7.58. The largest absolute Gasteiger partial charge is 0.336 e. The number of benzene rings is 1. The number of carbonyl (C=O) groups is 1. The van der Waals surface area contributed by atoms with E-state index in [0.717, 1.165) is 63.0 Å². The lowest BCUT2D eigenvalue weighted by molar-refractivity contribution is -0.129. The van der Waals surface area contributed by atoms with Gasteiger partial charge in [-0.3, -0.25) is 14.7 Å². The second-order valence-corrected chi connectivity index (χ2v) is 12.6. The van der Waals surface area contributed by atoms with Crippen molar-refractivity contribution in [3.8, 4) is 0 Å². The Morgan fingerprint density at radius 2 is 1.92 bits per heavy atom. The summed E-state index contributed by atoms with van der Waals surface area (Å²) in [6, 6.07) is 10.4. The van der Waals surface area contributed by atoms with Crippen LogP contribution in [0.25, 0.3) is 10.9 Å². The van der Waals surface area contributed by atoms with Crippen LogP contribution < -0.4 is 0 Å². The van der Waals surface area contributed by atoms with Crippen molar-refractivity contribution in [1.82, 2.24) is 14.8 Å². The summed E-state index contributed by atoms with van der Waals surface area (Å²) < 4.78 is 0. The van der Waals surface area contributed by atoms with E-state index in [4.69, 9.17) is 0 Å². The van der Waals surface area contributed by atoms with Crippen molar-refractivity contribution in [2.24, 2.45) is 5.92 Å². The fraction of sp³-hybridized carbons (Fsp3) is 0.455. The van der Waals surface area contributed by atoms with Gasteiger partial charge in [-0.1, -0.05) is 60.8 Å². The molecule has 38 heavy (non-hydrogen) atoms. The van der Waals surface area contributed by atoms with Crippen LogP contribution >= 0.6 is 11.8 Å². The first kappa shape index (κ1) is 25.6. The Balaban J connectivity index is 0.998. The Hall–Kier alpha value is -2.63. The predicted octanol–water partition coefficient (Wildman–Crippen LogP) is 7.30. The zero-order valence-electron chi connectivity index (χ0n) is 22.4. The Labute approximate surface area is 231 Å². The molecule has 0 bridgehead atoms. The quantitative estimate of drug-likeness (QED) is 0.355. The van der Waals surface area contributed by atoms with Crippen molar-refractivity contribution < 1.29 is 4.79 Å². The molecule has 3 aliphatic carbocycles. The smallest absolute Gasteiger partial charge is 0.249 e. The highest BCUT2D eigenvalue weighted by molar-refractivity contribution is 8.03. The molecule has 1 unspecified atom stereocenters. The van der Waals surface area contributed by atoms with Gasteiger partial charge in [-0.2, -0.15) is 0 Å². The van der Waals surface area contributed by atoms with Crippen LogP contribution in [0, 0.1) is 5.92 Å². The molecule has 2 aromatic rings. The van der Waals surface area contributed by atoms with Crippen LogP contribution in [0.3, 0.4) is 0 Å². The molecule has 0 radical (unpaired) electrons. The number of nitrogens with zero attached hydrogens (tertiary/aromatic N) is 3. The lowest BCUT2D eigenvalue weighted by atomic mass is 9.87. The fourth-order valence-electron chi connectivity index (χ4n) is 6.51. The molecular formula is C33H39N3OS. The van der Waals surface area contributed by atoms with E-state index in [-0.39, 0.29) is 11.4 Å². The Bertz CT molecular complexity index is 1290. The van der Waals surface area contributed by atoms with Crippen molar-refractivity contribution in [3.05, 3.63) is 83.5 Å². The van der Waals surface area contributed by atoms with E-state index in [1.54, 1.807) is 11.8 Å². The maximum Gasteiger partial charge on any atom is 0.249 e. The number of rotatable bonds is 7. The Morgan fingerprint density at radius 1 is 1.08 bits per heavy atom. The number of piperazine rings is 1. The molecule has 4 nitrogen and oxygen atoms in total. The number of carbonyl (C=O) groups excluding carboxylic acids is 1. The van der Waals surface area contributed by atoms with E-state index < -0.39 is 0 Å². The summed E-state index contributed by atoms with van der Waals surface area (Å²) in [5.41, 5.74) is 3.87. The molecule has 1 amide bonds. The number of amides is 1. The second kappa shape index (κ2) is 11.2. The molecule has 2 heterocycles. The van der Waals surface area contributed by atoms with Crippen LogP contribution in [0.2, 0.25) is 0 Å². The minimum atomic E-state index is 0.260. The summed E-state index contributed by atoms with van der Waals surface area (Å²) in [4.78, 5) is 25.1. The summed E-state index contributed by atoms with van der Waals surface area (Å²) in [6.45, 7) is 8.07. The first-order chi connectivity index (χ1) is 18.6. The number of para-hydroxylation sites is 1. The first-order valence-corrected chi connectivity index (χ1v) is 15.2. The van der Waals surface area contributed by atoms with Crippen LogP contribution in [0.1, 0.15) is 57.8 Å². The molecule has 2 fully saturated rings. The SMILES string of the molecule is C=C(CC1CC=C(C(=O)N2CCN(C3(C4=CCCCC=C4)CC3)CC2)CC1)Sc1cccc2cccnc12. The summed E-state index contributed by atoms with van der Waals surface area (Å²) in [5, 5.41) is 1.17. The van der Waals surface area contributed by atoms with Gasteiger partial charge >= 0.3 is 0 Å². The number of aromatic nitrogens is 1. The summed E-state index contributed by atoms with van der Waals surface area (Å²) in [6.07, 6.45) is 21.4. The maximum atomic E-state index is 13.4. The second-order valence-electron chi connectivity index (χ2n) is 11.3. The van der Waals surface area contributed by atoms with E-state index in [1.165, 1.54) is 52.9 Å². The van der Waals surface area contributed by atoms with E-state index >= 15 is 0 Å². The van der Waals surface area contributed by atoms with E-state index in [0.29, 0.717) is 5.92 Å². The van der Waals surface area contributed by atoms with Gasteiger partial charge in [-0.05, 0) is 86.3 Å². The zero-order chi connectivity index (χ0) is 26.0. The van der Waals surface area contributed by atoms with Gasteiger partial charge < -0.3 is 4.90 Å². The van der Waals surface area contributed by atoms with Crippen LogP contribution in [0.4, 0.5) is 0 Å². The normalized spacial score (nSPS) is 23.5. The third-order valence-electron chi connectivity index (χ3n) is 8.83. The van der Waals surface area contributed by atoms with E-state index in [9.17, 15) is 4.79 Å². The zero-order valence-corrected chi connectivity index (χ0v) is 23.2. The number of allylic oxidation sites excluding steroid dienone is 4. The molecule has 1 saturated heterocycles. The minimum absolute atomic E-state index is 0.260. The van der Waals surface area contributed by atoms with Gasteiger partial charge in [0, 0.05) is 53.8 Å². The predicted molar refractivity (Wildman–Crippen MR) is 158 cm³/mol. The highest BCUT2D eigenvalue weighted by atomic mass is 32.2. The van der Waals surface area contributed by atoms with Crippen molar-refractivity contribution in [1.29, 1.82) is 0 Å². The summed E-state index contributed by atoms with van der Waals surface area (Å²) in [7, 11) is 0. The number of hydrogen-bond acceptors (Lipinski definition) is 4. The van der Waals surface area contributed by atoms with E-state index in [2.05, 4.69) is 69.9 Å². The molecular weight excluding hydrogens is 486 g/mol. The van der Waals surface area contributed by atoms with Crippen LogP contribution in [0.5, 0.6) is 0 Å². The lowest BCUT2D eigenvalue weighted by Crippen LogP contribution is -2.53. The van der Waals surface area contributed by atoms with Gasteiger partial charge in [0.1, 0.15) is 0 Å². The number of thioether (sulfide) groups is 1. The summed E-state index contributed by atoms with van der Waals surface area (Å²) >= 11 is 1.75. The van der Waals surface area contributed by atoms with Crippen LogP contribution in [0.15, 0.2) is 88.4 Å². The van der Waals surface area contributed by atoms with Gasteiger partial charge in [0.05, 0.1) is 5.52 Å². The first-order valence-electron chi connectivity index (χ1n) is 14.4. The average Bonchev–Trinajstić information content (AvgIpc) is 3.79. The van der Waals surface area contributed by atoms with Gasteiger partial charge in [-0.25, -0.2) is 0 Å². The lowest BCUT2D eigenvalue weighted by Gasteiger charge is -2.41. The molecule has 4 aliphatic rings. The van der Waals surface area contributed by atoms with Gasteiger partial charge in [0.25, 0.3) is 0 Å². The topological polar surface area (TPSA) is 36.4 Å². The minimum Gasteiger partial charge on any atom is -0.336 e.